The highest BCUT2D eigenvalue weighted by Crippen LogP contribution is 2.48. The fraction of sp³-hybridized carbons (Fsp3) is 0.0750. The van der Waals surface area contributed by atoms with Crippen molar-refractivity contribution in [3.8, 4) is 67.8 Å². The summed E-state index contributed by atoms with van der Waals surface area (Å²) in [6, 6.07) is 43.4. The predicted molar refractivity (Wildman–Crippen MR) is 180 cm³/mol. The average Bonchev–Trinajstić information content (AvgIpc) is 3.34. The largest absolute Gasteiger partial charge is 0.254 e. The molecule has 214 valence electrons. The van der Waals surface area contributed by atoms with E-state index in [0.29, 0.717) is 17.5 Å². The molecule has 7 aromatic rings. The normalized spacial score (nSPS) is 12.8. The van der Waals surface area contributed by atoms with Crippen LogP contribution < -0.4 is 0 Å². The van der Waals surface area contributed by atoms with Crippen LogP contribution in [0.2, 0.25) is 0 Å². The van der Waals surface area contributed by atoms with Gasteiger partial charge < -0.3 is 0 Å². The molecular weight excluding hydrogens is 550 g/mol. The van der Waals surface area contributed by atoms with E-state index in [4.69, 9.17) is 24.9 Å². The van der Waals surface area contributed by atoms with Crippen molar-refractivity contribution >= 4 is 0 Å². The minimum absolute atomic E-state index is 0.224. The van der Waals surface area contributed by atoms with Crippen LogP contribution in [-0.2, 0) is 5.41 Å². The molecule has 4 aromatic carbocycles. The van der Waals surface area contributed by atoms with Crippen LogP contribution in [0.1, 0.15) is 25.0 Å². The fourth-order valence-corrected chi connectivity index (χ4v) is 6.10. The summed E-state index contributed by atoms with van der Waals surface area (Å²) in [5.41, 5.74) is 11.4. The smallest absolute Gasteiger partial charge is 0.164 e. The Bertz CT molecular complexity index is 2100. The van der Waals surface area contributed by atoms with Gasteiger partial charge in [0.2, 0.25) is 0 Å². The molecule has 0 fully saturated rings. The molecule has 0 saturated carbocycles. The molecule has 0 amide bonds. The number of rotatable bonds is 5. The first-order valence-corrected chi connectivity index (χ1v) is 15.1. The number of aromatic nitrogens is 5. The maximum Gasteiger partial charge on any atom is 0.164 e. The number of hydrogen-bond donors (Lipinski definition) is 0. The van der Waals surface area contributed by atoms with Gasteiger partial charge >= 0.3 is 0 Å². The Kier molecular flexibility index (Phi) is 6.38. The van der Waals surface area contributed by atoms with Crippen molar-refractivity contribution in [3.63, 3.8) is 0 Å². The van der Waals surface area contributed by atoms with Gasteiger partial charge in [-0.25, -0.2) is 15.0 Å². The molecule has 0 unspecified atom stereocenters. The number of nitrogens with zero attached hydrogens (tertiary/aromatic N) is 5. The van der Waals surface area contributed by atoms with E-state index in [1.165, 1.54) is 16.7 Å². The zero-order chi connectivity index (χ0) is 30.4. The molecule has 3 aromatic heterocycles. The molecule has 1 aliphatic carbocycles. The molecular formula is C40H29N5. The van der Waals surface area contributed by atoms with Crippen LogP contribution in [0.3, 0.4) is 0 Å². The minimum atomic E-state index is -0.224. The van der Waals surface area contributed by atoms with Gasteiger partial charge in [0.15, 0.2) is 17.5 Å². The summed E-state index contributed by atoms with van der Waals surface area (Å²) in [4.78, 5) is 24.4. The molecule has 0 bridgehead atoms. The first kappa shape index (κ1) is 26.8. The number of pyridine rings is 2. The third-order valence-corrected chi connectivity index (χ3v) is 8.63. The van der Waals surface area contributed by atoms with E-state index in [2.05, 4.69) is 74.5 Å². The van der Waals surface area contributed by atoms with Crippen LogP contribution in [0.25, 0.3) is 67.8 Å². The van der Waals surface area contributed by atoms with Crippen molar-refractivity contribution in [2.24, 2.45) is 0 Å². The summed E-state index contributed by atoms with van der Waals surface area (Å²) in [7, 11) is 0. The summed E-state index contributed by atoms with van der Waals surface area (Å²) >= 11 is 0. The molecule has 45 heavy (non-hydrogen) atoms. The average molecular weight is 580 g/mol. The van der Waals surface area contributed by atoms with Crippen LogP contribution in [0.15, 0.2) is 140 Å². The first-order valence-electron chi connectivity index (χ1n) is 15.1. The van der Waals surface area contributed by atoms with Gasteiger partial charge in [-0.05, 0) is 34.4 Å². The van der Waals surface area contributed by atoms with Crippen LogP contribution in [-0.4, -0.2) is 24.9 Å². The van der Waals surface area contributed by atoms with E-state index in [-0.39, 0.29) is 5.41 Å². The van der Waals surface area contributed by atoms with Crippen LogP contribution in [0, 0.1) is 0 Å². The van der Waals surface area contributed by atoms with Gasteiger partial charge in [0.05, 0.1) is 11.4 Å². The SMILES string of the molecule is CC1(C)c2cc(-c3ccccc3)cnc2-c2ncc(-c3ccc(-c4nc(-c5ccccc5)nc(-c5ccccc5)n4)cc3)cc21. The Balaban J connectivity index is 1.14. The maximum absolute atomic E-state index is 4.95. The molecule has 0 N–H and O–H groups in total. The molecule has 1 aliphatic rings. The van der Waals surface area contributed by atoms with Crippen molar-refractivity contribution < 1.29 is 0 Å². The van der Waals surface area contributed by atoms with E-state index in [1.807, 2.05) is 79.1 Å². The predicted octanol–water partition coefficient (Wildman–Crippen LogP) is 9.30. The van der Waals surface area contributed by atoms with Crippen LogP contribution in [0.5, 0.6) is 0 Å². The van der Waals surface area contributed by atoms with Gasteiger partial charge in [-0.15, -0.1) is 0 Å². The van der Waals surface area contributed by atoms with E-state index in [9.17, 15) is 0 Å². The lowest BCUT2D eigenvalue weighted by molar-refractivity contribution is 0.658. The second-order valence-electron chi connectivity index (χ2n) is 11.8. The number of hydrogen-bond acceptors (Lipinski definition) is 5. The lowest BCUT2D eigenvalue weighted by Gasteiger charge is -2.21. The highest BCUT2D eigenvalue weighted by molar-refractivity contribution is 5.81. The summed E-state index contributed by atoms with van der Waals surface area (Å²) in [6.45, 7) is 4.52. The molecule has 0 atom stereocenters. The summed E-state index contributed by atoms with van der Waals surface area (Å²) in [5.74, 6) is 1.94. The van der Waals surface area contributed by atoms with E-state index >= 15 is 0 Å². The second kappa shape index (κ2) is 10.7. The molecule has 3 heterocycles. The standard InChI is InChI=1S/C40H29N5/c1-40(2)33-22-31(26-12-6-3-7-13-26)24-41-35(33)36-34(40)23-32(25-42-36)27-18-20-30(21-19-27)39-44-37(28-14-8-4-9-15-28)43-38(45-39)29-16-10-5-11-17-29/h3-25H,1-2H3. The zero-order valence-electron chi connectivity index (χ0n) is 25.0. The molecule has 0 saturated heterocycles. The number of benzene rings is 4. The number of fused-ring (bicyclic) bond motifs is 3. The highest BCUT2D eigenvalue weighted by Gasteiger charge is 2.38. The lowest BCUT2D eigenvalue weighted by Crippen LogP contribution is -2.15. The maximum atomic E-state index is 4.95. The van der Waals surface area contributed by atoms with E-state index < -0.39 is 0 Å². The Morgan fingerprint density at radius 1 is 0.378 bits per heavy atom. The quantitative estimate of drug-likeness (QED) is 0.203. The van der Waals surface area contributed by atoms with Gasteiger partial charge in [0, 0.05) is 45.6 Å². The van der Waals surface area contributed by atoms with E-state index in [0.717, 1.165) is 44.8 Å². The summed E-state index contributed by atoms with van der Waals surface area (Å²) in [5, 5.41) is 0. The molecule has 0 aliphatic heterocycles. The van der Waals surface area contributed by atoms with Crippen molar-refractivity contribution in [2.45, 2.75) is 19.3 Å². The first-order chi connectivity index (χ1) is 22.0. The molecule has 5 heteroatoms. The lowest BCUT2D eigenvalue weighted by atomic mass is 9.82. The van der Waals surface area contributed by atoms with Gasteiger partial charge in [-0.1, -0.05) is 129 Å². The Morgan fingerprint density at radius 2 is 0.711 bits per heavy atom. The van der Waals surface area contributed by atoms with Gasteiger partial charge in [-0.2, -0.15) is 0 Å². The molecule has 0 spiro atoms. The van der Waals surface area contributed by atoms with Crippen molar-refractivity contribution in [3.05, 3.63) is 151 Å². The molecule has 5 nitrogen and oxygen atoms in total. The van der Waals surface area contributed by atoms with Crippen molar-refractivity contribution in [1.82, 2.24) is 24.9 Å². The fourth-order valence-electron chi connectivity index (χ4n) is 6.10. The Hall–Kier alpha value is -5.81. The molecule has 0 radical (unpaired) electrons. The summed E-state index contributed by atoms with van der Waals surface area (Å²) < 4.78 is 0. The summed E-state index contributed by atoms with van der Waals surface area (Å²) in [6.07, 6.45) is 3.91. The monoisotopic (exact) mass is 579 g/mol. The van der Waals surface area contributed by atoms with Crippen molar-refractivity contribution in [2.75, 3.05) is 0 Å². The second-order valence-corrected chi connectivity index (χ2v) is 11.8. The highest BCUT2D eigenvalue weighted by atomic mass is 15.0. The topological polar surface area (TPSA) is 64.5 Å². The third kappa shape index (κ3) is 4.79. The van der Waals surface area contributed by atoms with E-state index in [1.54, 1.807) is 0 Å². The minimum Gasteiger partial charge on any atom is -0.254 e. The van der Waals surface area contributed by atoms with Crippen molar-refractivity contribution in [1.29, 1.82) is 0 Å². The van der Waals surface area contributed by atoms with Gasteiger partial charge in [0.25, 0.3) is 0 Å². The molecule has 8 rings (SSSR count). The third-order valence-electron chi connectivity index (χ3n) is 8.63. The van der Waals surface area contributed by atoms with Gasteiger partial charge in [0.1, 0.15) is 0 Å². The zero-order valence-corrected chi connectivity index (χ0v) is 25.0. The van der Waals surface area contributed by atoms with Crippen LogP contribution >= 0.6 is 0 Å². The Labute approximate surface area is 262 Å². The van der Waals surface area contributed by atoms with Crippen LogP contribution in [0.4, 0.5) is 0 Å². The Morgan fingerprint density at radius 3 is 1.13 bits per heavy atom. The van der Waals surface area contributed by atoms with Gasteiger partial charge in [-0.3, -0.25) is 9.97 Å².